The molecule has 1 aliphatic carbocycles. The van der Waals surface area contributed by atoms with Crippen molar-refractivity contribution in [1.29, 1.82) is 0 Å². The molecule has 2 aromatic rings. The number of aryl methyl sites for hydroxylation is 1. The van der Waals surface area contributed by atoms with Gasteiger partial charge in [0, 0.05) is 49.7 Å². The molecule has 2 fully saturated rings. The molecule has 1 aromatic carbocycles. The van der Waals surface area contributed by atoms with Gasteiger partial charge in [-0.1, -0.05) is 31.2 Å². The Kier molecular flexibility index (Phi) is 5.86. The molecule has 0 spiro atoms. The molecule has 144 valence electrons. The molecule has 0 atom stereocenters. The summed E-state index contributed by atoms with van der Waals surface area (Å²) in [6.07, 6.45) is 3.37. The second-order valence-electron chi connectivity index (χ2n) is 7.59. The Labute approximate surface area is 165 Å². The lowest BCUT2D eigenvalue weighted by Gasteiger charge is -2.33. The quantitative estimate of drug-likeness (QED) is 0.797. The van der Waals surface area contributed by atoms with Crippen LogP contribution in [0.1, 0.15) is 31.0 Å². The molecule has 27 heavy (non-hydrogen) atoms. The molecular weight excluding hydrogens is 356 g/mol. The number of piperazine rings is 1. The summed E-state index contributed by atoms with van der Waals surface area (Å²) in [5.74, 6) is 0.184. The van der Waals surface area contributed by atoms with E-state index in [1.54, 1.807) is 11.3 Å². The Bertz CT molecular complexity index is 761. The summed E-state index contributed by atoms with van der Waals surface area (Å²) in [6, 6.07) is 9.18. The highest BCUT2D eigenvalue weighted by molar-refractivity contribution is 7.13. The Balaban J connectivity index is 1.25. The fourth-order valence-electron chi connectivity index (χ4n) is 3.43. The van der Waals surface area contributed by atoms with Crippen LogP contribution in [0.2, 0.25) is 0 Å². The van der Waals surface area contributed by atoms with Crippen molar-refractivity contribution in [3.63, 3.8) is 0 Å². The van der Waals surface area contributed by atoms with Crippen LogP contribution in [0.25, 0.3) is 10.6 Å². The summed E-state index contributed by atoms with van der Waals surface area (Å²) < 4.78 is 0. The third-order valence-electron chi connectivity index (χ3n) is 5.32. The van der Waals surface area contributed by atoms with E-state index in [0.29, 0.717) is 12.6 Å². The minimum atomic E-state index is 0.184. The molecule has 1 saturated carbocycles. The maximum absolute atomic E-state index is 11.9. The maximum Gasteiger partial charge on any atom is 0.234 e. The van der Waals surface area contributed by atoms with Crippen LogP contribution in [0.15, 0.2) is 29.6 Å². The molecule has 5 nitrogen and oxygen atoms in total. The first-order valence-electron chi connectivity index (χ1n) is 9.97. The van der Waals surface area contributed by atoms with Crippen molar-refractivity contribution in [3.8, 4) is 10.6 Å². The molecule has 6 heteroatoms. The molecule has 2 aliphatic rings. The Morgan fingerprint density at radius 2 is 1.85 bits per heavy atom. The zero-order valence-corrected chi connectivity index (χ0v) is 16.8. The lowest BCUT2D eigenvalue weighted by Crippen LogP contribution is -2.49. The average molecular weight is 385 g/mol. The van der Waals surface area contributed by atoms with Gasteiger partial charge in [0.15, 0.2) is 0 Å². The van der Waals surface area contributed by atoms with Gasteiger partial charge in [-0.3, -0.25) is 14.6 Å². The van der Waals surface area contributed by atoms with Crippen LogP contribution < -0.4 is 5.32 Å². The number of nitrogens with one attached hydrogen (secondary N) is 1. The summed E-state index contributed by atoms with van der Waals surface area (Å²) in [6.45, 7) is 7.50. The predicted molar refractivity (Wildman–Crippen MR) is 110 cm³/mol. The molecule has 4 rings (SSSR count). The van der Waals surface area contributed by atoms with Crippen LogP contribution in [0.5, 0.6) is 0 Å². The summed E-state index contributed by atoms with van der Waals surface area (Å²) in [4.78, 5) is 21.5. The van der Waals surface area contributed by atoms with Crippen molar-refractivity contribution < 1.29 is 4.79 Å². The molecule has 0 bridgehead atoms. The first-order valence-corrected chi connectivity index (χ1v) is 10.9. The van der Waals surface area contributed by atoms with Crippen LogP contribution in [-0.4, -0.2) is 59.5 Å². The fraction of sp³-hybridized carbons (Fsp3) is 0.524. The number of benzene rings is 1. The van der Waals surface area contributed by atoms with Gasteiger partial charge in [0.1, 0.15) is 5.01 Å². The van der Waals surface area contributed by atoms with Gasteiger partial charge >= 0.3 is 0 Å². The molecular formula is C21H28N4OS. The lowest BCUT2D eigenvalue weighted by atomic mass is 10.1. The third-order valence-corrected chi connectivity index (χ3v) is 6.26. The smallest absolute Gasteiger partial charge is 0.234 e. The van der Waals surface area contributed by atoms with Crippen molar-refractivity contribution in [2.24, 2.45) is 0 Å². The topological polar surface area (TPSA) is 48.5 Å². The van der Waals surface area contributed by atoms with Gasteiger partial charge in [0.05, 0.1) is 12.2 Å². The number of hydrogen-bond donors (Lipinski definition) is 1. The van der Waals surface area contributed by atoms with E-state index in [-0.39, 0.29) is 5.91 Å². The van der Waals surface area contributed by atoms with E-state index < -0.39 is 0 Å². The number of hydrogen-bond acceptors (Lipinski definition) is 5. The van der Waals surface area contributed by atoms with Gasteiger partial charge in [-0.25, -0.2) is 4.98 Å². The van der Waals surface area contributed by atoms with Crippen molar-refractivity contribution in [1.82, 2.24) is 20.1 Å². The van der Waals surface area contributed by atoms with Gasteiger partial charge in [-0.15, -0.1) is 11.3 Å². The Morgan fingerprint density at radius 1 is 1.15 bits per heavy atom. The minimum absolute atomic E-state index is 0.184. The number of carbonyl (C=O) groups excluding carboxylic acids is 1. The van der Waals surface area contributed by atoms with Crippen LogP contribution in [0, 0.1) is 0 Å². The second-order valence-corrected chi connectivity index (χ2v) is 8.45. The van der Waals surface area contributed by atoms with Gasteiger partial charge in [0.25, 0.3) is 0 Å². The molecule has 1 saturated heterocycles. The standard InChI is InChI=1S/C21H28N4OS/c1-2-16-3-5-17(6-4-16)21-23-19(15-27-21)13-24-9-11-25(12-10-24)14-20(26)22-18-7-8-18/h3-6,15,18H,2,7-14H2,1H3,(H,22,26). The summed E-state index contributed by atoms with van der Waals surface area (Å²) >= 11 is 1.72. The number of amides is 1. The van der Waals surface area contributed by atoms with Crippen molar-refractivity contribution >= 4 is 17.2 Å². The first-order chi connectivity index (χ1) is 13.2. The minimum Gasteiger partial charge on any atom is -0.352 e. The summed E-state index contributed by atoms with van der Waals surface area (Å²) in [5, 5.41) is 6.35. The third kappa shape index (κ3) is 5.15. The fourth-order valence-corrected chi connectivity index (χ4v) is 4.25. The highest BCUT2D eigenvalue weighted by atomic mass is 32.1. The Morgan fingerprint density at radius 3 is 2.52 bits per heavy atom. The number of carbonyl (C=O) groups is 1. The van der Waals surface area contributed by atoms with Crippen molar-refractivity contribution in [2.75, 3.05) is 32.7 Å². The number of aromatic nitrogens is 1. The van der Waals surface area contributed by atoms with Gasteiger partial charge < -0.3 is 5.32 Å². The van der Waals surface area contributed by atoms with E-state index >= 15 is 0 Å². The summed E-state index contributed by atoms with van der Waals surface area (Å²) in [7, 11) is 0. The van der Waals surface area contributed by atoms with Crippen molar-refractivity contribution in [3.05, 3.63) is 40.9 Å². The van der Waals surface area contributed by atoms with E-state index in [1.807, 2.05) is 0 Å². The van der Waals surface area contributed by atoms with Gasteiger partial charge in [-0.05, 0) is 24.8 Å². The molecule has 0 radical (unpaired) electrons. The van der Waals surface area contributed by atoms with E-state index in [4.69, 9.17) is 4.98 Å². The van der Waals surface area contributed by atoms with Crippen LogP contribution in [0.4, 0.5) is 0 Å². The zero-order valence-electron chi connectivity index (χ0n) is 16.0. The molecule has 1 aromatic heterocycles. The monoisotopic (exact) mass is 384 g/mol. The lowest BCUT2D eigenvalue weighted by molar-refractivity contribution is -0.122. The Hall–Kier alpha value is -1.76. The van der Waals surface area contributed by atoms with Crippen LogP contribution in [0.3, 0.4) is 0 Å². The number of thiazole rings is 1. The van der Waals surface area contributed by atoms with Gasteiger partial charge in [-0.2, -0.15) is 0 Å². The van der Waals surface area contributed by atoms with E-state index in [0.717, 1.165) is 62.7 Å². The zero-order chi connectivity index (χ0) is 18.6. The van der Waals surface area contributed by atoms with E-state index in [2.05, 4.69) is 51.7 Å². The highest BCUT2D eigenvalue weighted by Crippen LogP contribution is 2.25. The molecule has 2 heterocycles. The molecule has 1 N–H and O–H groups in total. The summed E-state index contributed by atoms with van der Waals surface area (Å²) in [5.41, 5.74) is 3.71. The van der Waals surface area contributed by atoms with Crippen molar-refractivity contribution in [2.45, 2.75) is 38.8 Å². The normalized spacial score (nSPS) is 18.6. The molecule has 1 aliphatic heterocycles. The average Bonchev–Trinajstić information content (AvgIpc) is 3.38. The van der Waals surface area contributed by atoms with Crippen LogP contribution in [-0.2, 0) is 17.8 Å². The number of nitrogens with zero attached hydrogens (tertiary/aromatic N) is 3. The molecule has 0 unspecified atom stereocenters. The molecule has 1 amide bonds. The van der Waals surface area contributed by atoms with Crippen LogP contribution >= 0.6 is 11.3 Å². The largest absolute Gasteiger partial charge is 0.352 e. The maximum atomic E-state index is 11.9. The predicted octanol–water partition coefficient (Wildman–Crippen LogP) is 2.77. The first kappa shape index (κ1) is 18.6. The SMILES string of the molecule is CCc1ccc(-c2nc(CN3CCN(CC(=O)NC4CC4)CC3)cs2)cc1. The van der Waals surface area contributed by atoms with Gasteiger partial charge in [0.2, 0.25) is 5.91 Å². The number of rotatable bonds is 7. The highest BCUT2D eigenvalue weighted by Gasteiger charge is 2.25. The van der Waals surface area contributed by atoms with E-state index in [1.165, 1.54) is 11.1 Å². The van der Waals surface area contributed by atoms with E-state index in [9.17, 15) is 4.79 Å². The second kappa shape index (κ2) is 8.50.